The van der Waals surface area contributed by atoms with Crippen LogP contribution in [0.25, 0.3) is 0 Å². The lowest BCUT2D eigenvalue weighted by Gasteiger charge is -2.17. The van der Waals surface area contributed by atoms with Gasteiger partial charge in [-0.1, -0.05) is 5.16 Å². The van der Waals surface area contributed by atoms with Crippen molar-refractivity contribution in [3.8, 4) is 5.75 Å². The number of nitrogen functional groups attached to an aromatic ring is 1. The van der Waals surface area contributed by atoms with Crippen LogP contribution in [0.5, 0.6) is 5.75 Å². The lowest BCUT2D eigenvalue weighted by molar-refractivity contribution is 0.0783. The molecule has 6 heteroatoms. The number of carbonyl (C=O) groups is 1. The van der Waals surface area contributed by atoms with E-state index in [9.17, 15) is 4.79 Å². The predicted molar refractivity (Wildman–Crippen MR) is 74.4 cm³/mol. The molecule has 0 aliphatic heterocycles. The standard InChI is InChI=1S/C14H17N3O3/c1-9-6-10(16-20-9)8-17(2)14(18)12-7-11(19-3)4-5-13(12)15/h4-7H,8,15H2,1-3H3. The fourth-order valence-corrected chi connectivity index (χ4v) is 1.86. The molecule has 0 saturated heterocycles. The van der Waals surface area contributed by atoms with Crippen LogP contribution in [0.15, 0.2) is 28.8 Å². The van der Waals surface area contributed by atoms with E-state index >= 15 is 0 Å². The SMILES string of the molecule is COc1ccc(N)c(C(=O)N(C)Cc2cc(C)on2)c1. The van der Waals surface area contributed by atoms with Crippen molar-refractivity contribution in [1.82, 2.24) is 10.1 Å². The van der Waals surface area contributed by atoms with Gasteiger partial charge < -0.3 is 19.9 Å². The van der Waals surface area contributed by atoms with Crippen molar-refractivity contribution in [3.05, 3.63) is 41.3 Å². The Morgan fingerprint density at radius 3 is 2.80 bits per heavy atom. The fourth-order valence-electron chi connectivity index (χ4n) is 1.86. The molecule has 1 amide bonds. The minimum atomic E-state index is -0.193. The molecule has 0 aliphatic rings. The maximum Gasteiger partial charge on any atom is 0.256 e. The minimum absolute atomic E-state index is 0.193. The number of aromatic nitrogens is 1. The van der Waals surface area contributed by atoms with Crippen LogP contribution < -0.4 is 10.5 Å². The lowest BCUT2D eigenvalue weighted by Crippen LogP contribution is -2.27. The van der Waals surface area contributed by atoms with E-state index in [-0.39, 0.29) is 5.91 Å². The zero-order valence-corrected chi connectivity index (χ0v) is 11.7. The van der Waals surface area contributed by atoms with Crippen LogP contribution >= 0.6 is 0 Å². The number of hydrogen-bond acceptors (Lipinski definition) is 5. The first-order chi connectivity index (χ1) is 9.51. The van der Waals surface area contributed by atoms with Crippen LogP contribution in [-0.2, 0) is 6.54 Å². The Morgan fingerprint density at radius 1 is 1.45 bits per heavy atom. The molecule has 1 aromatic carbocycles. The highest BCUT2D eigenvalue weighted by Crippen LogP contribution is 2.21. The van der Waals surface area contributed by atoms with Crippen molar-refractivity contribution in [2.75, 3.05) is 19.9 Å². The first kappa shape index (κ1) is 13.9. The number of benzene rings is 1. The Hall–Kier alpha value is -2.50. The summed E-state index contributed by atoms with van der Waals surface area (Å²) in [5, 5.41) is 3.86. The summed E-state index contributed by atoms with van der Waals surface area (Å²) < 4.78 is 10.1. The van der Waals surface area contributed by atoms with E-state index in [2.05, 4.69) is 5.16 Å². The van der Waals surface area contributed by atoms with Gasteiger partial charge in [0.15, 0.2) is 0 Å². The van der Waals surface area contributed by atoms with Gasteiger partial charge in [-0.15, -0.1) is 0 Å². The molecule has 0 fully saturated rings. The Balaban J connectivity index is 2.17. The summed E-state index contributed by atoms with van der Waals surface area (Å²) in [4.78, 5) is 13.9. The monoisotopic (exact) mass is 275 g/mol. The average Bonchev–Trinajstić information content (AvgIpc) is 2.84. The number of nitrogens with zero attached hydrogens (tertiary/aromatic N) is 2. The third-order valence-corrected chi connectivity index (χ3v) is 2.91. The van der Waals surface area contributed by atoms with Gasteiger partial charge in [0, 0.05) is 18.8 Å². The van der Waals surface area contributed by atoms with Crippen molar-refractivity contribution in [2.24, 2.45) is 0 Å². The maximum atomic E-state index is 12.4. The average molecular weight is 275 g/mol. The number of nitrogens with two attached hydrogens (primary N) is 1. The first-order valence-electron chi connectivity index (χ1n) is 6.12. The molecule has 6 nitrogen and oxygen atoms in total. The van der Waals surface area contributed by atoms with Crippen molar-refractivity contribution in [3.63, 3.8) is 0 Å². The molecular formula is C14H17N3O3. The van der Waals surface area contributed by atoms with Crippen LogP contribution in [0.2, 0.25) is 0 Å². The van der Waals surface area contributed by atoms with Crippen LogP contribution in [0.1, 0.15) is 21.8 Å². The van der Waals surface area contributed by atoms with Crippen molar-refractivity contribution >= 4 is 11.6 Å². The Bertz CT molecular complexity index is 622. The van der Waals surface area contributed by atoms with Gasteiger partial charge in [-0.25, -0.2) is 0 Å². The van der Waals surface area contributed by atoms with Crippen LogP contribution in [0, 0.1) is 6.92 Å². The quantitative estimate of drug-likeness (QED) is 0.861. The van der Waals surface area contributed by atoms with E-state index in [4.69, 9.17) is 15.0 Å². The molecule has 0 spiro atoms. The fraction of sp³-hybridized carbons (Fsp3) is 0.286. The zero-order valence-electron chi connectivity index (χ0n) is 11.7. The lowest BCUT2D eigenvalue weighted by atomic mass is 10.1. The number of aryl methyl sites for hydroxylation is 1. The van der Waals surface area contributed by atoms with Crippen molar-refractivity contribution in [1.29, 1.82) is 0 Å². The Labute approximate surface area is 117 Å². The minimum Gasteiger partial charge on any atom is -0.497 e. The topological polar surface area (TPSA) is 81.6 Å². The van der Waals surface area contributed by atoms with Crippen molar-refractivity contribution in [2.45, 2.75) is 13.5 Å². The van der Waals surface area contributed by atoms with Gasteiger partial charge in [0.25, 0.3) is 5.91 Å². The van der Waals surface area contributed by atoms with Gasteiger partial charge in [-0.3, -0.25) is 4.79 Å². The summed E-state index contributed by atoms with van der Waals surface area (Å²) in [6.45, 7) is 2.16. The Kier molecular flexibility index (Phi) is 3.93. The molecule has 106 valence electrons. The predicted octanol–water partition coefficient (Wildman–Crippen LogP) is 1.85. The summed E-state index contributed by atoms with van der Waals surface area (Å²) in [5.74, 6) is 1.11. The second-order valence-electron chi connectivity index (χ2n) is 4.54. The molecule has 0 bridgehead atoms. The zero-order chi connectivity index (χ0) is 14.7. The van der Waals surface area contributed by atoms with Crippen LogP contribution in [0.4, 0.5) is 5.69 Å². The summed E-state index contributed by atoms with van der Waals surface area (Å²) in [7, 11) is 3.23. The molecule has 1 heterocycles. The second kappa shape index (κ2) is 5.64. The van der Waals surface area contributed by atoms with E-state index in [1.165, 1.54) is 4.90 Å². The first-order valence-corrected chi connectivity index (χ1v) is 6.12. The van der Waals surface area contributed by atoms with E-state index in [0.29, 0.717) is 35.0 Å². The van der Waals surface area contributed by atoms with Crippen LogP contribution in [-0.4, -0.2) is 30.1 Å². The molecule has 0 radical (unpaired) electrons. The number of methoxy groups -OCH3 is 1. The third-order valence-electron chi connectivity index (χ3n) is 2.91. The number of ether oxygens (including phenoxy) is 1. The molecule has 0 atom stereocenters. The van der Waals surface area contributed by atoms with Gasteiger partial charge in [-0.05, 0) is 25.1 Å². The largest absolute Gasteiger partial charge is 0.497 e. The van der Waals surface area contributed by atoms with E-state index in [0.717, 1.165) is 0 Å². The van der Waals surface area contributed by atoms with E-state index in [1.807, 2.05) is 0 Å². The highest BCUT2D eigenvalue weighted by atomic mass is 16.5. The van der Waals surface area contributed by atoms with Crippen molar-refractivity contribution < 1.29 is 14.1 Å². The highest BCUT2D eigenvalue weighted by Gasteiger charge is 2.17. The molecule has 1 aromatic heterocycles. The molecule has 0 saturated carbocycles. The second-order valence-corrected chi connectivity index (χ2v) is 4.54. The van der Waals surface area contributed by atoms with Gasteiger partial charge in [-0.2, -0.15) is 0 Å². The molecule has 2 N–H and O–H groups in total. The molecule has 20 heavy (non-hydrogen) atoms. The van der Waals surface area contributed by atoms with Gasteiger partial charge in [0.05, 0.1) is 19.2 Å². The normalized spacial score (nSPS) is 10.3. The molecule has 2 rings (SSSR count). The van der Waals surface area contributed by atoms with E-state index in [1.54, 1.807) is 45.3 Å². The molecule has 2 aromatic rings. The number of rotatable bonds is 4. The smallest absolute Gasteiger partial charge is 0.256 e. The van der Waals surface area contributed by atoms with E-state index < -0.39 is 0 Å². The third kappa shape index (κ3) is 2.90. The summed E-state index contributed by atoms with van der Waals surface area (Å²) in [5.41, 5.74) is 7.36. The summed E-state index contributed by atoms with van der Waals surface area (Å²) >= 11 is 0. The van der Waals surface area contributed by atoms with Gasteiger partial charge in [0.2, 0.25) is 0 Å². The van der Waals surface area contributed by atoms with Gasteiger partial charge in [0.1, 0.15) is 17.2 Å². The number of carbonyl (C=O) groups excluding carboxylic acids is 1. The highest BCUT2D eigenvalue weighted by molar-refractivity contribution is 5.99. The number of amides is 1. The Morgan fingerprint density at radius 2 is 2.20 bits per heavy atom. The summed E-state index contributed by atoms with van der Waals surface area (Å²) in [6.07, 6.45) is 0. The summed E-state index contributed by atoms with van der Waals surface area (Å²) in [6, 6.07) is 6.79. The van der Waals surface area contributed by atoms with Crippen LogP contribution in [0.3, 0.4) is 0 Å². The number of anilines is 1. The molecular weight excluding hydrogens is 258 g/mol. The molecule has 0 aliphatic carbocycles. The number of hydrogen-bond donors (Lipinski definition) is 1. The van der Waals surface area contributed by atoms with Gasteiger partial charge >= 0.3 is 0 Å². The maximum absolute atomic E-state index is 12.4. The molecule has 0 unspecified atom stereocenters.